The molecule has 0 aliphatic rings. The molecule has 1 heterocycles. The summed E-state index contributed by atoms with van der Waals surface area (Å²) in [4.78, 5) is 14.1. The Morgan fingerprint density at radius 2 is 2.00 bits per heavy atom. The minimum Gasteiger partial charge on any atom is -0.465 e. The van der Waals surface area contributed by atoms with Gasteiger partial charge in [0, 0.05) is 10.0 Å². The van der Waals surface area contributed by atoms with Crippen LogP contribution in [-0.2, 0) is 6.54 Å². The van der Waals surface area contributed by atoms with Gasteiger partial charge in [-0.2, -0.15) is 0 Å². The van der Waals surface area contributed by atoms with Gasteiger partial charge >= 0.3 is 0 Å². The molecule has 2 aromatic rings. The van der Waals surface area contributed by atoms with Crippen LogP contribution in [0.1, 0.15) is 21.9 Å². The molecule has 0 bridgehead atoms. The summed E-state index contributed by atoms with van der Waals surface area (Å²) in [5.74, 6) is 1.86. The normalized spacial score (nSPS) is 10.9. The minimum atomic E-state index is 0.0956. The number of rotatable bonds is 5. The molecule has 0 aliphatic carbocycles. The van der Waals surface area contributed by atoms with E-state index in [4.69, 9.17) is 4.42 Å². The van der Waals surface area contributed by atoms with Gasteiger partial charge in [0.1, 0.15) is 11.5 Å². The Hall–Kier alpha value is -1.39. The first-order valence-corrected chi connectivity index (χ1v) is 6.87. The summed E-state index contributed by atoms with van der Waals surface area (Å²) in [7, 11) is 1.91. The first-order valence-electron chi connectivity index (χ1n) is 6.08. The Kier molecular flexibility index (Phi) is 4.56. The number of ketones is 1. The van der Waals surface area contributed by atoms with Gasteiger partial charge in [0.15, 0.2) is 5.78 Å². The van der Waals surface area contributed by atoms with E-state index in [-0.39, 0.29) is 5.78 Å². The molecular weight excluding hydrogens is 306 g/mol. The molecule has 19 heavy (non-hydrogen) atoms. The third-order valence-electron chi connectivity index (χ3n) is 2.81. The number of likely N-dealkylation sites (N-methyl/N-ethyl adjacent to an activating group) is 1. The molecule has 0 atom stereocenters. The van der Waals surface area contributed by atoms with Crippen LogP contribution in [0.3, 0.4) is 0 Å². The van der Waals surface area contributed by atoms with E-state index in [1.165, 1.54) is 0 Å². The molecule has 1 aromatic heterocycles. The Bertz CT molecular complexity index is 577. The average molecular weight is 322 g/mol. The zero-order valence-electron chi connectivity index (χ0n) is 11.0. The fourth-order valence-electron chi connectivity index (χ4n) is 1.91. The SMILES string of the molecule is Cc1ccc(CN(C)CC(=O)c2ccccc2Br)o1. The van der Waals surface area contributed by atoms with Crippen LogP contribution >= 0.6 is 15.9 Å². The van der Waals surface area contributed by atoms with E-state index in [9.17, 15) is 4.79 Å². The second-order valence-corrected chi connectivity index (χ2v) is 5.44. The molecule has 0 amide bonds. The van der Waals surface area contributed by atoms with Crippen molar-refractivity contribution in [2.24, 2.45) is 0 Å². The van der Waals surface area contributed by atoms with E-state index in [1.54, 1.807) is 0 Å². The molecule has 0 N–H and O–H groups in total. The van der Waals surface area contributed by atoms with Crippen LogP contribution in [0, 0.1) is 6.92 Å². The van der Waals surface area contributed by atoms with Crippen molar-refractivity contribution in [3.05, 3.63) is 58.0 Å². The van der Waals surface area contributed by atoms with E-state index < -0.39 is 0 Å². The standard InChI is InChI=1S/C15H16BrNO2/c1-11-7-8-12(19-11)9-17(2)10-15(18)13-5-3-4-6-14(13)16/h3-8H,9-10H2,1-2H3. The molecule has 4 heteroatoms. The molecule has 0 spiro atoms. The van der Waals surface area contributed by atoms with Gasteiger partial charge in [-0.3, -0.25) is 9.69 Å². The van der Waals surface area contributed by atoms with Crippen molar-refractivity contribution in [1.29, 1.82) is 0 Å². The monoisotopic (exact) mass is 321 g/mol. The maximum absolute atomic E-state index is 12.2. The van der Waals surface area contributed by atoms with E-state index in [2.05, 4.69) is 15.9 Å². The van der Waals surface area contributed by atoms with Crippen molar-refractivity contribution in [3.63, 3.8) is 0 Å². The number of carbonyl (C=O) groups is 1. The maximum atomic E-state index is 12.2. The molecule has 0 aliphatic heterocycles. The Labute approximate surface area is 121 Å². The second kappa shape index (κ2) is 6.17. The van der Waals surface area contributed by atoms with Crippen LogP contribution in [0.15, 0.2) is 45.3 Å². The van der Waals surface area contributed by atoms with Gasteiger partial charge in [-0.15, -0.1) is 0 Å². The van der Waals surface area contributed by atoms with Crippen LogP contribution in [0.5, 0.6) is 0 Å². The molecule has 0 unspecified atom stereocenters. The lowest BCUT2D eigenvalue weighted by Crippen LogP contribution is -2.25. The van der Waals surface area contributed by atoms with Crippen LogP contribution in [0.4, 0.5) is 0 Å². The summed E-state index contributed by atoms with van der Waals surface area (Å²) in [6.45, 7) is 2.90. The molecular formula is C15H16BrNO2. The highest BCUT2D eigenvalue weighted by Crippen LogP contribution is 2.17. The van der Waals surface area contributed by atoms with Crippen molar-refractivity contribution in [1.82, 2.24) is 4.90 Å². The van der Waals surface area contributed by atoms with Crippen LogP contribution in [0.25, 0.3) is 0 Å². The lowest BCUT2D eigenvalue weighted by molar-refractivity contribution is 0.0939. The quantitative estimate of drug-likeness (QED) is 0.788. The fraction of sp³-hybridized carbons (Fsp3) is 0.267. The number of carbonyl (C=O) groups excluding carboxylic acids is 1. The summed E-state index contributed by atoms with van der Waals surface area (Å²) in [6, 6.07) is 11.3. The average Bonchev–Trinajstić information content (AvgIpc) is 2.74. The summed E-state index contributed by atoms with van der Waals surface area (Å²) >= 11 is 3.40. The Morgan fingerprint density at radius 3 is 2.63 bits per heavy atom. The van der Waals surface area contributed by atoms with E-state index in [0.717, 1.165) is 16.0 Å². The van der Waals surface area contributed by atoms with Gasteiger partial charge < -0.3 is 4.42 Å². The number of hydrogen-bond acceptors (Lipinski definition) is 3. The van der Waals surface area contributed by atoms with Crippen LogP contribution < -0.4 is 0 Å². The summed E-state index contributed by atoms with van der Waals surface area (Å²) in [5, 5.41) is 0. The zero-order chi connectivity index (χ0) is 13.8. The second-order valence-electron chi connectivity index (χ2n) is 4.59. The van der Waals surface area contributed by atoms with Gasteiger partial charge in [-0.05, 0) is 32.2 Å². The molecule has 0 fully saturated rings. The van der Waals surface area contributed by atoms with Gasteiger partial charge in [-0.25, -0.2) is 0 Å². The lowest BCUT2D eigenvalue weighted by Gasteiger charge is -2.14. The predicted molar refractivity (Wildman–Crippen MR) is 78.3 cm³/mol. The van der Waals surface area contributed by atoms with Gasteiger partial charge in [0.2, 0.25) is 0 Å². The lowest BCUT2D eigenvalue weighted by atomic mass is 10.1. The van der Waals surface area contributed by atoms with Crippen molar-refractivity contribution < 1.29 is 9.21 Å². The predicted octanol–water partition coefficient (Wildman–Crippen LogP) is 3.67. The highest BCUT2D eigenvalue weighted by Gasteiger charge is 2.13. The molecule has 3 nitrogen and oxygen atoms in total. The van der Waals surface area contributed by atoms with Crippen molar-refractivity contribution >= 4 is 21.7 Å². The first-order chi connectivity index (χ1) is 9.06. The van der Waals surface area contributed by atoms with Crippen LogP contribution in [-0.4, -0.2) is 24.3 Å². The topological polar surface area (TPSA) is 33.5 Å². The number of furan rings is 1. The number of hydrogen-bond donors (Lipinski definition) is 0. The van der Waals surface area contributed by atoms with Crippen LogP contribution in [0.2, 0.25) is 0 Å². The van der Waals surface area contributed by atoms with E-state index >= 15 is 0 Å². The minimum absolute atomic E-state index is 0.0956. The maximum Gasteiger partial charge on any atom is 0.177 e. The van der Waals surface area contributed by atoms with E-state index in [0.29, 0.717) is 18.7 Å². The molecule has 0 saturated carbocycles. The van der Waals surface area contributed by atoms with Gasteiger partial charge in [0.05, 0.1) is 13.1 Å². The van der Waals surface area contributed by atoms with Crippen molar-refractivity contribution in [2.75, 3.05) is 13.6 Å². The third kappa shape index (κ3) is 3.78. The van der Waals surface area contributed by atoms with Crippen molar-refractivity contribution in [2.45, 2.75) is 13.5 Å². The molecule has 0 radical (unpaired) electrons. The van der Waals surface area contributed by atoms with Gasteiger partial charge in [-0.1, -0.05) is 34.1 Å². The number of benzene rings is 1. The molecule has 2 rings (SSSR count). The Morgan fingerprint density at radius 1 is 1.26 bits per heavy atom. The number of aryl methyl sites for hydroxylation is 1. The molecule has 100 valence electrons. The highest BCUT2D eigenvalue weighted by molar-refractivity contribution is 9.10. The molecule has 0 saturated heterocycles. The number of Topliss-reactive ketones (excluding diaryl/α,β-unsaturated/α-hetero) is 1. The van der Waals surface area contributed by atoms with Crippen molar-refractivity contribution in [3.8, 4) is 0 Å². The highest BCUT2D eigenvalue weighted by atomic mass is 79.9. The van der Waals surface area contributed by atoms with E-state index in [1.807, 2.05) is 55.3 Å². The fourth-order valence-corrected chi connectivity index (χ4v) is 2.42. The first kappa shape index (κ1) is 14.0. The summed E-state index contributed by atoms with van der Waals surface area (Å²) < 4.78 is 6.34. The number of halogens is 1. The molecule has 1 aromatic carbocycles. The largest absolute Gasteiger partial charge is 0.465 e. The smallest absolute Gasteiger partial charge is 0.177 e. The Balaban J connectivity index is 1.97. The third-order valence-corrected chi connectivity index (χ3v) is 3.50. The van der Waals surface area contributed by atoms with Gasteiger partial charge in [0.25, 0.3) is 0 Å². The summed E-state index contributed by atoms with van der Waals surface area (Å²) in [6.07, 6.45) is 0. The summed E-state index contributed by atoms with van der Waals surface area (Å²) in [5.41, 5.74) is 0.713. The zero-order valence-corrected chi connectivity index (χ0v) is 12.6. The number of nitrogens with zero attached hydrogens (tertiary/aromatic N) is 1.